The van der Waals surface area contributed by atoms with Crippen LogP contribution in [0, 0.1) is 18.2 Å². The number of rotatable bonds is 5. The largest absolute Gasteiger partial charge is 0.357 e. The van der Waals surface area contributed by atoms with E-state index in [0.29, 0.717) is 16.3 Å². The minimum atomic E-state index is -0.721. The van der Waals surface area contributed by atoms with Crippen LogP contribution in [0.3, 0.4) is 0 Å². The molecule has 2 amide bonds. The summed E-state index contributed by atoms with van der Waals surface area (Å²) in [6.45, 7) is 3.38. The first-order chi connectivity index (χ1) is 16.8. The molecule has 3 aromatic carbocycles. The van der Waals surface area contributed by atoms with Crippen LogP contribution in [0.4, 0.5) is 15.8 Å². The molecule has 0 saturated carbocycles. The maximum absolute atomic E-state index is 14.9. The number of likely N-dealkylation sites (tertiary alicyclic amines) is 1. The molecule has 1 heterocycles. The van der Waals surface area contributed by atoms with Crippen LogP contribution in [0.25, 0.3) is 0 Å². The summed E-state index contributed by atoms with van der Waals surface area (Å²) in [6.07, 6.45) is 3.15. The van der Waals surface area contributed by atoms with Crippen molar-refractivity contribution in [2.45, 2.75) is 26.2 Å². The lowest BCUT2D eigenvalue weighted by molar-refractivity contribution is 0.102. The molecule has 3 aromatic rings. The van der Waals surface area contributed by atoms with Crippen LogP contribution in [0.5, 0.6) is 0 Å². The van der Waals surface area contributed by atoms with Crippen molar-refractivity contribution in [2.75, 3.05) is 23.7 Å². The van der Waals surface area contributed by atoms with E-state index in [1.165, 1.54) is 12.1 Å². The summed E-state index contributed by atoms with van der Waals surface area (Å²) in [4.78, 5) is 27.8. The third kappa shape index (κ3) is 5.87. The zero-order valence-corrected chi connectivity index (χ0v) is 20.1. The average molecular weight is 493 g/mol. The van der Waals surface area contributed by atoms with Crippen LogP contribution in [-0.2, 0) is 0 Å². The highest BCUT2D eigenvalue weighted by Crippen LogP contribution is 2.23. The number of carbonyl (C=O) groups excluding carboxylic acids is 2. The Morgan fingerprint density at radius 1 is 0.886 bits per heavy atom. The zero-order valence-electron chi connectivity index (χ0n) is 19.3. The molecule has 180 valence electrons. The lowest BCUT2D eigenvalue weighted by atomic mass is 10.1. The maximum atomic E-state index is 14.9. The molecular weight excluding hydrogens is 467 g/mol. The Balaban J connectivity index is 1.52. The van der Waals surface area contributed by atoms with Gasteiger partial charge >= 0.3 is 0 Å². The van der Waals surface area contributed by atoms with Gasteiger partial charge in [-0.2, -0.15) is 0 Å². The minimum absolute atomic E-state index is 0.162. The molecule has 1 saturated heterocycles. The maximum Gasteiger partial charge on any atom is 0.258 e. The molecule has 1 aliphatic heterocycles. The number of hydrogen-bond donors (Lipinski definition) is 3. The topological polar surface area (TPSA) is 85.3 Å². The van der Waals surface area contributed by atoms with E-state index < -0.39 is 17.6 Å². The molecule has 0 spiro atoms. The number of benzene rings is 3. The third-order valence-corrected chi connectivity index (χ3v) is 6.18. The number of halogens is 2. The molecule has 4 rings (SSSR count). The number of aryl methyl sites for hydroxylation is 1. The fraction of sp³-hybridized carbons (Fsp3) is 0.222. The summed E-state index contributed by atoms with van der Waals surface area (Å²) < 4.78 is 14.9. The fourth-order valence-electron chi connectivity index (χ4n) is 4.02. The van der Waals surface area contributed by atoms with Gasteiger partial charge in [-0.1, -0.05) is 29.3 Å². The van der Waals surface area contributed by atoms with Gasteiger partial charge in [-0.25, -0.2) is 4.39 Å². The lowest BCUT2D eigenvalue weighted by Crippen LogP contribution is -2.35. The van der Waals surface area contributed by atoms with E-state index in [2.05, 4.69) is 10.6 Å². The van der Waals surface area contributed by atoms with Crippen LogP contribution < -0.4 is 10.6 Å². The van der Waals surface area contributed by atoms with E-state index in [0.717, 1.165) is 37.9 Å². The number of piperidine rings is 1. The SMILES string of the molecule is Cc1ccc(NC(=O)c2ccc(C(=N)N3CCCCC3)cc2F)c(C(=O)Nc2ccc(Cl)cc2)c1. The standard InChI is InChI=1S/C27H26ClFN4O2/c1-17-5-12-24(22(15-17)27(35)31-20-9-7-19(28)8-10-20)32-26(34)21-11-6-18(16-23(21)29)25(30)33-13-3-2-4-14-33/h5-12,15-16,30H,2-4,13-14H2,1H3,(H,31,35)(H,32,34). The summed E-state index contributed by atoms with van der Waals surface area (Å²) in [5, 5.41) is 14.4. The van der Waals surface area contributed by atoms with Crippen LogP contribution in [0.1, 0.15) is 51.1 Å². The van der Waals surface area contributed by atoms with Crippen molar-refractivity contribution >= 4 is 40.6 Å². The number of hydrogen-bond acceptors (Lipinski definition) is 3. The summed E-state index contributed by atoms with van der Waals surface area (Å²) in [5.74, 6) is -1.56. The van der Waals surface area contributed by atoms with Gasteiger partial charge in [0.15, 0.2) is 0 Å². The Morgan fingerprint density at radius 2 is 1.57 bits per heavy atom. The van der Waals surface area contributed by atoms with Crippen molar-refractivity contribution in [1.29, 1.82) is 5.41 Å². The number of nitrogens with zero attached hydrogens (tertiary/aromatic N) is 1. The first-order valence-corrected chi connectivity index (χ1v) is 11.8. The molecule has 6 nitrogen and oxygen atoms in total. The van der Waals surface area contributed by atoms with Gasteiger partial charge < -0.3 is 15.5 Å². The first-order valence-electron chi connectivity index (χ1n) is 11.4. The molecule has 1 fully saturated rings. The summed E-state index contributed by atoms with van der Waals surface area (Å²) in [6, 6.07) is 15.9. The van der Waals surface area contributed by atoms with Crippen LogP contribution in [0.2, 0.25) is 5.02 Å². The number of amidine groups is 1. The highest BCUT2D eigenvalue weighted by Gasteiger charge is 2.20. The highest BCUT2D eigenvalue weighted by atomic mass is 35.5. The number of nitrogens with one attached hydrogen (secondary N) is 3. The quantitative estimate of drug-likeness (QED) is 0.297. The summed E-state index contributed by atoms with van der Waals surface area (Å²) >= 11 is 5.90. The van der Waals surface area contributed by atoms with E-state index in [-0.39, 0.29) is 22.6 Å². The molecule has 0 atom stereocenters. The molecule has 0 unspecified atom stereocenters. The van der Waals surface area contributed by atoms with Crippen molar-refractivity contribution < 1.29 is 14.0 Å². The number of anilines is 2. The number of carbonyl (C=O) groups is 2. The number of amides is 2. The average Bonchev–Trinajstić information content (AvgIpc) is 2.86. The van der Waals surface area contributed by atoms with E-state index in [4.69, 9.17) is 17.0 Å². The van der Waals surface area contributed by atoms with Crippen molar-refractivity contribution in [2.24, 2.45) is 0 Å². The Kier molecular flexibility index (Phi) is 7.46. The molecule has 1 aliphatic rings. The van der Waals surface area contributed by atoms with E-state index in [1.807, 2.05) is 11.8 Å². The van der Waals surface area contributed by atoms with Gasteiger partial charge in [0.2, 0.25) is 0 Å². The lowest BCUT2D eigenvalue weighted by Gasteiger charge is -2.29. The van der Waals surface area contributed by atoms with Crippen molar-refractivity contribution in [1.82, 2.24) is 4.90 Å². The van der Waals surface area contributed by atoms with Gasteiger partial charge in [0.25, 0.3) is 11.8 Å². The molecule has 0 bridgehead atoms. The van der Waals surface area contributed by atoms with Crippen LogP contribution >= 0.6 is 11.6 Å². The second kappa shape index (κ2) is 10.7. The second-order valence-corrected chi connectivity index (χ2v) is 8.99. The Labute approximate surface area is 208 Å². The summed E-state index contributed by atoms with van der Waals surface area (Å²) in [7, 11) is 0. The van der Waals surface area contributed by atoms with Crippen LogP contribution in [0.15, 0.2) is 60.7 Å². The third-order valence-electron chi connectivity index (χ3n) is 5.93. The van der Waals surface area contributed by atoms with E-state index in [1.54, 1.807) is 48.5 Å². The predicted molar refractivity (Wildman–Crippen MR) is 137 cm³/mol. The molecule has 35 heavy (non-hydrogen) atoms. The van der Waals surface area contributed by atoms with E-state index in [9.17, 15) is 14.0 Å². The minimum Gasteiger partial charge on any atom is -0.357 e. The van der Waals surface area contributed by atoms with Gasteiger partial charge in [-0.3, -0.25) is 15.0 Å². The Morgan fingerprint density at radius 3 is 2.26 bits per heavy atom. The second-order valence-electron chi connectivity index (χ2n) is 8.56. The van der Waals surface area contributed by atoms with Gasteiger partial charge in [0, 0.05) is 29.4 Å². The highest BCUT2D eigenvalue weighted by molar-refractivity contribution is 6.30. The normalized spacial score (nSPS) is 13.3. The molecule has 0 aromatic heterocycles. The van der Waals surface area contributed by atoms with Gasteiger partial charge in [-0.15, -0.1) is 0 Å². The molecule has 0 radical (unpaired) electrons. The Bertz CT molecular complexity index is 1270. The fourth-order valence-corrected chi connectivity index (χ4v) is 4.15. The van der Waals surface area contributed by atoms with Crippen LogP contribution in [-0.4, -0.2) is 35.6 Å². The monoisotopic (exact) mass is 492 g/mol. The predicted octanol–water partition coefficient (Wildman–Crippen LogP) is 6.10. The van der Waals surface area contributed by atoms with Gasteiger partial charge in [0.1, 0.15) is 11.7 Å². The van der Waals surface area contributed by atoms with Crippen molar-refractivity contribution in [3.8, 4) is 0 Å². The molecule has 8 heteroatoms. The Hall–Kier alpha value is -3.71. The zero-order chi connectivity index (χ0) is 24.9. The molecular formula is C27H26ClFN4O2. The first kappa shape index (κ1) is 24.4. The van der Waals surface area contributed by atoms with Crippen molar-refractivity contribution in [3.63, 3.8) is 0 Å². The van der Waals surface area contributed by atoms with Gasteiger partial charge in [-0.05, 0) is 74.7 Å². The van der Waals surface area contributed by atoms with E-state index >= 15 is 0 Å². The molecule has 3 N–H and O–H groups in total. The van der Waals surface area contributed by atoms with Gasteiger partial charge in [0.05, 0.1) is 16.8 Å². The van der Waals surface area contributed by atoms with Crippen molar-refractivity contribution in [3.05, 3.63) is 93.8 Å². The summed E-state index contributed by atoms with van der Waals surface area (Å²) in [5.41, 5.74) is 2.16. The smallest absolute Gasteiger partial charge is 0.258 e. The molecule has 0 aliphatic carbocycles.